The molecule has 0 atom stereocenters. The van der Waals surface area contributed by atoms with Crippen LogP contribution in [0.4, 0.5) is 11.5 Å². The van der Waals surface area contributed by atoms with Gasteiger partial charge in [-0.3, -0.25) is 14.2 Å². The van der Waals surface area contributed by atoms with Crippen molar-refractivity contribution in [2.45, 2.75) is 18.4 Å². The zero-order valence-corrected chi connectivity index (χ0v) is 11.9. The molecule has 20 heavy (non-hydrogen) atoms. The summed E-state index contributed by atoms with van der Waals surface area (Å²) in [5, 5.41) is 3.79. The summed E-state index contributed by atoms with van der Waals surface area (Å²) in [6.45, 7) is 2.24. The van der Waals surface area contributed by atoms with Gasteiger partial charge in [-0.1, -0.05) is 0 Å². The largest absolute Gasteiger partial charge is 0.381 e. The van der Waals surface area contributed by atoms with Crippen LogP contribution in [0.15, 0.2) is 34.2 Å². The molecule has 0 fully saturated rings. The second-order valence-corrected chi connectivity index (χ2v) is 5.85. The second-order valence-electron chi connectivity index (χ2n) is 4.20. The second kappa shape index (κ2) is 5.00. The van der Waals surface area contributed by atoms with E-state index in [-0.39, 0.29) is 22.0 Å². The summed E-state index contributed by atoms with van der Waals surface area (Å²) in [5.74, 6) is -0.0798. The summed E-state index contributed by atoms with van der Waals surface area (Å²) in [6, 6.07) is 2.70. The molecule has 9 heteroatoms. The lowest BCUT2D eigenvalue weighted by molar-refractivity contribution is 0.601. The predicted octanol–water partition coefficient (Wildman–Crippen LogP) is -0.0153. The van der Waals surface area contributed by atoms with Crippen LogP contribution in [-0.2, 0) is 23.6 Å². The Hall–Kier alpha value is -2.29. The number of nitrogens with one attached hydrogen (secondary N) is 1. The van der Waals surface area contributed by atoms with Crippen molar-refractivity contribution in [3.63, 3.8) is 0 Å². The first-order valence-corrected chi connectivity index (χ1v) is 7.34. The third-order valence-corrected chi connectivity index (χ3v) is 4.09. The zero-order valence-electron chi connectivity index (χ0n) is 11.1. The van der Waals surface area contributed by atoms with Crippen molar-refractivity contribution < 1.29 is 8.42 Å². The van der Waals surface area contributed by atoms with Crippen molar-refractivity contribution in [1.82, 2.24) is 14.3 Å². The molecule has 2 heterocycles. The summed E-state index contributed by atoms with van der Waals surface area (Å²) in [5.41, 5.74) is 5.64. The number of nitrogens with zero attached hydrogens (tertiary/aromatic N) is 3. The van der Waals surface area contributed by atoms with Crippen LogP contribution in [-0.4, -0.2) is 22.8 Å². The molecule has 0 bridgehead atoms. The number of rotatable bonds is 4. The molecule has 0 saturated carbocycles. The van der Waals surface area contributed by atoms with E-state index in [1.165, 1.54) is 33.8 Å². The van der Waals surface area contributed by atoms with Crippen molar-refractivity contribution in [1.29, 1.82) is 0 Å². The van der Waals surface area contributed by atoms with E-state index < -0.39 is 10.0 Å². The molecule has 0 aliphatic rings. The van der Waals surface area contributed by atoms with Gasteiger partial charge in [-0.2, -0.15) is 5.10 Å². The number of hydrogen-bond donors (Lipinski definition) is 2. The summed E-state index contributed by atoms with van der Waals surface area (Å²) < 4.78 is 29.5. The van der Waals surface area contributed by atoms with Gasteiger partial charge in [-0.15, -0.1) is 0 Å². The molecule has 108 valence electrons. The summed E-state index contributed by atoms with van der Waals surface area (Å²) >= 11 is 0. The summed E-state index contributed by atoms with van der Waals surface area (Å²) in [6.07, 6.45) is 2.75. The fourth-order valence-electron chi connectivity index (χ4n) is 1.74. The van der Waals surface area contributed by atoms with Gasteiger partial charge in [0.2, 0.25) is 0 Å². The SMILES string of the molecule is CCn1cc(NS(=O)(=O)c2cn(C)nc2N)ccc1=O. The Kier molecular flexibility index (Phi) is 3.53. The summed E-state index contributed by atoms with van der Waals surface area (Å²) in [4.78, 5) is 11.3. The highest BCUT2D eigenvalue weighted by atomic mass is 32.2. The number of aryl methyl sites for hydroxylation is 2. The molecule has 0 radical (unpaired) electrons. The maximum absolute atomic E-state index is 12.2. The van der Waals surface area contributed by atoms with Gasteiger partial charge in [0.05, 0.1) is 5.69 Å². The Morgan fingerprint density at radius 3 is 2.60 bits per heavy atom. The van der Waals surface area contributed by atoms with Crippen LogP contribution < -0.4 is 16.0 Å². The molecule has 0 amide bonds. The van der Waals surface area contributed by atoms with E-state index in [4.69, 9.17) is 5.73 Å². The first kappa shape index (κ1) is 14.1. The molecule has 0 spiro atoms. The Labute approximate surface area is 115 Å². The fourth-order valence-corrected chi connectivity index (χ4v) is 2.89. The van der Waals surface area contributed by atoms with Gasteiger partial charge in [0.1, 0.15) is 4.90 Å². The van der Waals surface area contributed by atoms with Crippen LogP contribution >= 0.6 is 0 Å². The molecule has 0 aromatic carbocycles. The molecular weight excluding hydrogens is 282 g/mol. The summed E-state index contributed by atoms with van der Waals surface area (Å²) in [7, 11) is -2.26. The van der Waals surface area contributed by atoms with Crippen molar-refractivity contribution in [3.05, 3.63) is 34.9 Å². The number of aromatic nitrogens is 3. The van der Waals surface area contributed by atoms with E-state index in [9.17, 15) is 13.2 Å². The van der Waals surface area contributed by atoms with Gasteiger partial charge in [0, 0.05) is 32.1 Å². The predicted molar refractivity (Wildman–Crippen MR) is 74.8 cm³/mol. The molecule has 2 aromatic heterocycles. The Bertz CT molecular complexity index is 791. The molecule has 3 N–H and O–H groups in total. The van der Waals surface area contributed by atoms with E-state index in [1.807, 2.05) is 0 Å². The van der Waals surface area contributed by atoms with E-state index in [2.05, 4.69) is 9.82 Å². The van der Waals surface area contributed by atoms with Gasteiger partial charge in [-0.25, -0.2) is 8.42 Å². The number of anilines is 2. The third-order valence-electron chi connectivity index (χ3n) is 2.69. The molecular formula is C11H15N5O3S. The van der Waals surface area contributed by atoms with Gasteiger partial charge in [-0.05, 0) is 13.0 Å². The van der Waals surface area contributed by atoms with Gasteiger partial charge in [0.25, 0.3) is 15.6 Å². The minimum absolute atomic E-state index is 0.0798. The Morgan fingerprint density at radius 2 is 2.05 bits per heavy atom. The van der Waals surface area contributed by atoms with E-state index in [0.29, 0.717) is 6.54 Å². The molecule has 0 saturated heterocycles. The monoisotopic (exact) mass is 297 g/mol. The number of pyridine rings is 1. The normalized spacial score (nSPS) is 11.5. The molecule has 2 aromatic rings. The fraction of sp³-hybridized carbons (Fsp3) is 0.273. The van der Waals surface area contributed by atoms with E-state index >= 15 is 0 Å². The van der Waals surface area contributed by atoms with Gasteiger partial charge < -0.3 is 10.3 Å². The van der Waals surface area contributed by atoms with Crippen molar-refractivity contribution in [2.75, 3.05) is 10.5 Å². The van der Waals surface area contributed by atoms with Crippen molar-refractivity contribution in [2.24, 2.45) is 7.05 Å². The number of sulfonamides is 1. The quantitative estimate of drug-likeness (QED) is 0.824. The highest BCUT2D eigenvalue weighted by Crippen LogP contribution is 2.19. The lowest BCUT2D eigenvalue weighted by Crippen LogP contribution is -2.20. The van der Waals surface area contributed by atoms with Crippen molar-refractivity contribution in [3.8, 4) is 0 Å². The first-order valence-electron chi connectivity index (χ1n) is 5.86. The first-order chi connectivity index (χ1) is 9.33. The van der Waals surface area contributed by atoms with Crippen LogP contribution in [0.1, 0.15) is 6.92 Å². The number of nitrogen functional groups attached to an aromatic ring is 1. The van der Waals surface area contributed by atoms with Gasteiger partial charge in [0.15, 0.2) is 5.82 Å². The van der Waals surface area contributed by atoms with E-state index in [0.717, 1.165) is 0 Å². The maximum Gasteiger partial charge on any atom is 0.267 e. The average Bonchev–Trinajstić information content (AvgIpc) is 2.71. The maximum atomic E-state index is 12.2. The lowest BCUT2D eigenvalue weighted by Gasteiger charge is -2.09. The molecule has 8 nitrogen and oxygen atoms in total. The van der Waals surface area contributed by atoms with Crippen LogP contribution in [0.2, 0.25) is 0 Å². The molecule has 0 aliphatic carbocycles. The van der Waals surface area contributed by atoms with Crippen LogP contribution in [0.5, 0.6) is 0 Å². The van der Waals surface area contributed by atoms with Crippen LogP contribution in [0.25, 0.3) is 0 Å². The minimum atomic E-state index is -3.83. The van der Waals surface area contributed by atoms with Gasteiger partial charge >= 0.3 is 0 Å². The smallest absolute Gasteiger partial charge is 0.267 e. The number of hydrogen-bond acceptors (Lipinski definition) is 5. The average molecular weight is 297 g/mol. The zero-order chi connectivity index (χ0) is 14.9. The number of nitrogens with two attached hydrogens (primary N) is 1. The van der Waals surface area contributed by atoms with Crippen molar-refractivity contribution >= 4 is 21.5 Å². The molecule has 0 unspecified atom stereocenters. The molecule has 0 aliphatic heterocycles. The molecule has 2 rings (SSSR count). The highest BCUT2D eigenvalue weighted by Gasteiger charge is 2.20. The Balaban J connectivity index is 2.38. The standard InChI is InChI=1S/C11H15N5O3S/c1-3-16-6-8(4-5-10(16)17)14-20(18,19)9-7-15(2)13-11(9)12/h4-7,14H,3H2,1-2H3,(H2,12,13). The third kappa shape index (κ3) is 2.67. The van der Waals surface area contributed by atoms with Crippen LogP contribution in [0.3, 0.4) is 0 Å². The highest BCUT2D eigenvalue weighted by molar-refractivity contribution is 7.92. The lowest BCUT2D eigenvalue weighted by atomic mass is 10.4. The topological polar surface area (TPSA) is 112 Å². The van der Waals surface area contributed by atoms with Crippen LogP contribution in [0, 0.1) is 0 Å². The van der Waals surface area contributed by atoms with E-state index in [1.54, 1.807) is 14.0 Å². The minimum Gasteiger partial charge on any atom is -0.381 e. The Morgan fingerprint density at radius 1 is 1.35 bits per heavy atom.